The molecule has 1 aliphatic rings. The Bertz CT molecular complexity index is 456. The predicted molar refractivity (Wildman–Crippen MR) is 89.2 cm³/mol. The Morgan fingerprint density at radius 1 is 1.10 bits per heavy atom. The molecule has 0 aromatic carbocycles. The second-order valence-electron chi connectivity index (χ2n) is 5.93. The molecule has 1 aliphatic carbocycles. The number of nitrogens with one attached hydrogen (secondary N) is 2. The zero-order valence-electron chi connectivity index (χ0n) is 13.9. The third kappa shape index (κ3) is 4.56. The summed E-state index contributed by atoms with van der Waals surface area (Å²) in [6, 6.07) is 0. The van der Waals surface area contributed by atoms with E-state index >= 15 is 0 Å². The number of nitrogens with zero attached hydrogens (tertiary/aromatic N) is 3. The van der Waals surface area contributed by atoms with Gasteiger partial charge in [-0.3, -0.25) is 0 Å². The van der Waals surface area contributed by atoms with Crippen molar-refractivity contribution in [1.82, 2.24) is 14.9 Å². The van der Waals surface area contributed by atoms with Crippen LogP contribution in [0.2, 0.25) is 0 Å². The van der Waals surface area contributed by atoms with Gasteiger partial charge in [-0.15, -0.1) is 0 Å². The normalized spacial score (nSPS) is 14.5. The molecule has 1 aromatic rings. The maximum Gasteiger partial charge on any atom is 0.136 e. The van der Waals surface area contributed by atoms with Gasteiger partial charge in [-0.2, -0.15) is 0 Å². The minimum absolute atomic E-state index is 0.576. The molecular formula is C16H29N5. The highest BCUT2D eigenvalue weighted by atomic mass is 15.1. The maximum absolute atomic E-state index is 4.74. The molecule has 0 atom stereocenters. The summed E-state index contributed by atoms with van der Waals surface area (Å²) in [7, 11) is 2.14. The van der Waals surface area contributed by atoms with E-state index in [-0.39, 0.29) is 0 Å². The molecule has 1 heterocycles. The molecule has 21 heavy (non-hydrogen) atoms. The molecule has 0 unspecified atom stereocenters. The van der Waals surface area contributed by atoms with E-state index in [9.17, 15) is 0 Å². The summed E-state index contributed by atoms with van der Waals surface area (Å²) in [5, 5.41) is 6.92. The summed E-state index contributed by atoms with van der Waals surface area (Å²) in [5.41, 5.74) is 1.13. The van der Waals surface area contributed by atoms with Crippen LogP contribution in [0.5, 0.6) is 0 Å². The molecule has 2 N–H and O–H groups in total. The summed E-state index contributed by atoms with van der Waals surface area (Å²) < 4.78 is 0. The van der Waals surface area contributed by atoms with Crippen molar-refractivity contribution in [2.75, 3.05) is 43.9 Å². The second-order valence-corrected chi connectivity index (χ2v) is 5.93. The van der Waals surface area contributed by atoms with Gasteiger partial charge >= 0.3 is 0 Å². The van der Waals surface area contributed by atoms with Crippen LogP contribution in [-0.4, -0.2) is 48.1 Å². The lowest BCUT2D eigenvalue weighted by molar-refractivity contribution is 0.367. The second kappa shape index (κ2) is 7.59. The molecule has 118 valence electrons. The van der Waals surface area contributed by atoms with Crippen LogP contribution in [-0.2, 0) is 0 Å². The molecule has 0 saturated heterocycles. The van der Waals surface area contributed by atoms with E-state index in [2.05, 4.69) is 43.4 Å². The van der Waals surface area contributed by atoms with Crippen molar-refractivity contribution in [2.24, 2.45) is 0 Å². The Labute approximate surface area is 128 Å². The topological polar surface area (TPSA) is 53.1 Å². The summed E-state index contributed by atoms with van der Waals surface area (Å²) in [6.45, 7) is 10.4. The highest BCUT2D eigenvalue weighted by molar-refractivity contribution is 5.57. The number of likely N-dealkylation sites (N-methyl/N-ethyl adjacent to an activating group) is 1. The molecule has 0 bridgehead atoms. The van der Waals surface area contributed by atoms with Gasteiger partial charge in [-0.05, 0) is 39.8 Å². The summed E-state index contributed by atoms with van der Waals surface area (Å²) in [4.78, 5) is 11.8. The van der Waals surface area contributed by atoms with Crippen molar-refractivity contribution < 1.29 is 0 Å². The van der Waals surface area contributed by atoms with Crippen molar-refractivity contribution in [1.29, 1.82) is 0 Å². The van der Waals surface area contributed by atoms with Crippen LogP contribution in [0.1, 0.15) is 50.4 Å². The number of aromatic nitrogens is 2. The van der Waals surface area contributed by atoms with Gasteiger partial charge in [0.1, 0.15) is 17.5 Å². The van der Waals surface area contributed by atoms with Gasteiger partial charge in [0, 0.05) is 31.1 Å². The fraction of sp³-hybridized carbons (Fsp3) is 0.750. The largest absolute Gasteiger partial charge is 0.370 e. The first-order valence-electron chi connectivity index (χ1n) is 8.20. The molecule has 0 amide bonds. The average Bonchev–Trinajstić information content (AvgIpc) is 3.32. The van der Waals surface area contributed by atoms with E-state index < -0.39 is 0 Å². The fourth-order valence-corrected chi connectivity index (χ4v) is 2.17. The Morgan fingerprint density at radius 2 is 1.71 bits per heavy atom. The van der Waals surface area contributed by atoms with Crippen LogP contribution in [0.4, 0.5) is 11.6 Å². The third-order valence-corrected chi connectivity index (χ3v) is 3.97. The molecule has 0 aliphatic heterocycles. The first kappa shape index (κ1) is 16.0. The molecular weight excluding hydrogens is 262 g/mol. The SMILES string of the molecule is CCCNc1nc(C2CC2)nc(NCCN(C)CC)c1C. The van der Waals surface area contributed by atoms with Crippen LogP contribution < -0.4 is 10.6 Å². The van der Waals surface area contributed by atoms with Crippen molar-refractivity contribution in [3.63, 3.8) is 0 Å². The van der Waals surface area contributed by atoms with E-state index in [1.807, 2.05) is 0 Å². The molecule has 0 radical (unpaired) electrons. The highest BCUT2D eigenvalue weighted by Crippen LogP contribution is 2.39. The Hall–Kier alpha value is -1.36. The van der Waals surface area contributed by atoms with E-state index in [0.29, 0.717) is 5.92 Å². The quantitative estimate of drug-likeness (QED) is 0.733. The summed E-state index contributed by atoms with van der Waals surface area (Å²) in [5.74, 6) is 3.58. The van der Waals surface area contributed by atoms with Crippen LogP contribution in [0.15, 0.2) is 0 Å². The van der Waals surface area contributed by atoms with Crippen LogP contribution in [0.25, 0.3) is 0 Å². The number of hydrogen-bond donors (Lipinski definition) is 2. The van der Waals surface area contributed by atoms with E-state index in [1.54, 1.807) is 0 Å². The van der Waals surface area contributed by atoms with Crippen LogP contribution in [0.3, 0.4) is 0 Å². The highest BCUT2D eigenvalue weighted by Gasteiger charge is 2.28. The van der Waals surface area contributed by atoms with Gasteiger partial charge in [0.25, 0.3) is 0 Å². The van der Waals surface area contributed by atoms with Crippen molar-refractivity contribution >= 4 is 11.6 Å². The minimum atomic E-state index is 0.576. The lowest BCUT2D eigenvalue weighted by Crippen LogP contribution is -2.25. The maximum atomic E-state index is 4.74. The predicted octanol–water partition coefficient (Wildman–Crippen LogP) is 2.85. The van der Waals surface area contributed by atoms with E-state index in [1.165, 1.54) is 12.8 Å². The molecule has 1 saturated carbocycles. The summed E-state index contributed by atoms with van der Waals surface area (Å²) in [6.07, 6.45) is 3.56. The Balaban J connectivity index is 2.08. The van der Waals surface area contributed by atoms with Gasteiger partial charge in [0.15, 0.2) is 0 Å². The smallest absolute Gasteiger partial charge is 0.136 e. The van der Waals surface area contributed by atoms with Crippen molar-refractivity contribution in [2.45, 2.75) is 46.0 Å². The van der Waals surface area contributed by atoms with Gasteiger partial charge in [0.2, 0.25) is 0 Å². The number of hydrogen-bond acceptors (Lipinski definition) is 5. The zero-order chi connectivity index (χ0) is 15.2. The van der Waals surface area contributed by atoms with Gasteiger partial charge in [-0.25, -0.2) is 9.97 Å². The minimum Gasteiger partial charge on any atom is -0.370 e. The molecule has 0 spiro atoms. The van der Waals surface area contributed by atoms with Gasteiger partial charge in [-0.1, -0.05) is 13.8 Å². The van der Waals surface area contributed by atoms with E-state index in [0.717, 1.165) is 55.6 Å². The van der Waals surface area contributed by atoms with Crippen LogP contribution >= 0.6 is 0 Å². The average molecular weight is 291 g/mol. The van der Waals surface area contributed by atoms with Gasteiger partial charge < -0.3 is 15.5 Å². The monoisotopic (exact) mass is 291 g/mol. The standard InChI is InChI=1S/C16H29N5/c1-5-9-17-14-12(3)15(18-10-11-21(4)6-2)20-16(19-14)13-7-8-13/h13H,5-11H2,1-4H3,(H2,17,18,19,20). The first-order valence-corrected chi connectivity index (χ1v) is 8.20. The molecule has 2 rings (SSSR count). The molecule has 1 fully saturated rings. The number of rotatable bonds is 9. The summed E-state index contributed by atoms with van der Waals surface area (Å²) >= 11 is 0. The van der Waals surface area contributed by atoms with Crippen molar-refractivity contribution in [3.8, 4) is 0 Å². The van der Waals surface area contributed by atoms with Gasteiger partial charge in [0.05, 0.1) is 0 Å². The fourth-order valence-electron chi connectivity index (χ4n) is 2.17. The molecule has 5 heteroatoms. The Kier molecular flexibility index (Phi) is 5.79. The van der Waals surface area contributed by atoms with Crippen LogP contribution in [0, 0.1) is 6.92 Å². The Morgan fingerprint density at radius 3 is 2.24 bits per heavy atom. The van der Waals surface area contributed by atoms with Crippen molar-refractivity contribution in [3.05, 3.63) is 11.4 Å². The number of anilines is 2. The third-order valence-electron chi connectivity index (χ3n) is 3.97. The molecule has 1 aromatic heterocycles. The van der Waals surface area contributed by atoms with E-state index in [4.69, 9.17) is 9.97 Å². The molecule has 5 nitrogen and oxygen atoms in total. The lowest BCUT2D eigenvalue weighted by Gasteiger charge is -2.17. The first-order chi connectivity index (χ1) is 10.2. The zero-order valence-corrected chi connectivity index (χ0v) is 13.9. The lowest BCUT2D eigenvalue weighted by atomic mass is 10.2.